The van der Waals surface area contributed by atoms with Gasteiger partial charge in [0.2, 0.25) is 5.79 Å². The average molecular weight is 257 g/mol. The molecule has 1 aliphatic rings. The molecule has 0 atom stereocenters. The number of rotatable bonds is 5. The predicted molar refractivity (Wildman–Crippen MR) is 67.5 cm³/mol. The Balaban J connectivity index is 3.09. The molecule has 0 radical (unpaired) electrons. The molecule has 0 saturated heterocycles. The maximum atomic E-state index is 9.03. The van der Waals surface area contributed by atoms with Gasteiger partial charge in [-0.05, 0) is 18.1 Å². The van der Waals surface area contributed by atoms with Crippen molar-refractivity contribution in [3.8, 4) is 0 Å². The number of hydrogen-bond acceptors (Lipinski definition) is 3. The van der Waals surface area contributed by atoms with Crippen LogP contribution in [-0.2, 0) is 9.47 Å². The van der Waals surface area contributed by atoms with Crippen molar-refractivity contribution in [3.05, 3.63) is 40.3 Å². The molecule has 94 valence electrons. The molecule has 0 aromatic carbocycles. The highest BCUT2D eigenvalue weighted by Crippen LogP contribution is 2.28. The Hall–Kier alpha value is -0.990. The first-order valence-corrected chi connectivity index (χ1v) is 5.75. The second-order valence-corrected chi connectivity index (χ2v) is 4.40. The molecule has 0 saturated carbocycles. The number of hydrogen-bond donors (Lipinski definition) is 1. The van der Waals surface area contributed by atoms with Crippen molar-refractivity contribution in [1.82, 2.24) is 0 Å². The van der Waals surface area contributed by atoms with Gasteiger partial charge in [-0.3, -0.25) is 0 Å². The molecular formula is C13H17ClO3. The third-order valence-corrected chi connectivity index (χ3v) is 2.60. The predicted octanol–water partition coefficient (Wildman–Crippen LogP) is 2.87. The Morgan fingerprint density at radius 1 is 1.47 bits per heavy atom. The molecule has 0 bridgehead atoms. The van der Waals surface area contributed by atoms with Crippen LogP contribution in [0.15, 0.2) is 40.3 Å². The number of ether oxygens (including phenoxy) is 2. The molecule has 0 aromatic rings. The van der Waals surface area contributed by atoms with Gasteiger partial charge in [0.05, 0.1) is 0 Å². The van der Waals surface area contributed by atoms with Gasteiger partial charge in [-0.2, -0.15) is 0 Å². The van der Waals surface area contributed by atoms with Crippen LogP contribution in [0.3, 0.4) is 0 Å². The van der Waals surface area contributed by atoms with E-state index in [1.54, 1.807) is 27.0 Å². The van der Waals surface area contributed by atoms with E-state index in [-0.39, 0.29) is 6.61 Å². The fraction of sp³-hybridized carbons (Fsp3) is 0.462. The number of halogens is 1. The van der Waals surface area contributed by atoms with E-state index < -0.39 is 5.79 Å². The first kappa shape index (κ1) is 14.1. The van der Waals surface area contributed by atoms with Gasteiger partial charge in [0.15, 0.2) is 5.76 Å². The highest BCUT2D eigenvalue weighted by atomic mass is 35.5. The van der Waals surface area contributed by atoms with Gasteiger partial charge < -0.3 is 14.6 Å². The van der Waals surface area contributed by atoms with Gasteiger partial charge >= 0.3 is 0 Å². The Labute approximate surface area is 107 Å². The van der Waals surface area contributed by atoms with Crippen LogP contribution in [0.2, 0.25) is 0 Å². The van der Waals surface area contributed by atoms with Crippen LogP contribution < -0.4 is 0 Å². The Morgan fingerprint density at radius 2 is 2.18 bits per heavy atom. The third kappa shape index (κ3) is 4.06. The monoisotopic (exact) mass is 256 g/mol. The van der Waals surface area contributed by atoms with E-state index in [0.29, 0.717) is 17.2 Å². The number of aliphatic hydroxyl groups excluding tert-OH is 1. The molecule has 3 nitrogen and oxygen atoms in total. The molecule has 0 amide bonds. The highest BCUT2D eigenvalue weighted by Gasteiger charge is 2.23. The van der Waals surface area contributed by atoms with Crippen molar-refractivity contribution < 1.29 is 14.6 Å². The lowest BCUT2D eigenvalue weighted by Gasteiger charge is -2.26. The summed E-state index contributed by atoms with van der Waals surface area (Å²) >= 11 is 6.09. The number of allylic oxidation sites excluding steroid dienone is 3. The molecule has 17 heavy (non-hydrogen) atoms. The standard InChI is InChI=1S/C13H17ClO3/c1-13(2,16-3)17-12-10(8-9-15)6-4-5-7-11(12)14/h4-6,15H,8-9H2,1-3H3. The summed E-state index contributed by atoms with van der Waals surface area (Å²) in [6, 6.07) is 0. The van der Waals surface area contributed by atoms with Gasteiger partial charge in [-0.1, -0.05) is 29.5 Å². The lowest BCUT2D eigenvalue weighted by molar-refractivity contribution is -0.169. The van der Waals surface area contributed by atoms with E-state index >= 15 is 0 Å². The Kier molecular flexibility index (Phi) is 5.03. The molecule has 0 aromatic heterocycles. The summed E-state index contributed by atoms with van der Waals surface area (Å²) < 4.78 is 10.9. The molecule has 0 heterocycles. The second kappa shape index (κ2) is 6.08. The zero-order valence-corrected chi connectivity index (χ0v) is 11.0. The molecule has 0 aliphatic heterocycles. The fourth-order valence-electron chi connectivity index (χ4n) is 1.28. The van der Waals surface area contributed by atoms with Crippen molar-refractivity contribution in [2.45, 2.75) is 26.1 Å². The molecule has 1 rings (SSSR count). The Morgan fingerprint density at radius 3 is 2.76 bits per heavy atom. The molecular weight excluding hydrogens is 240 g/mol. The quantitative estimate of drug-likeness (QED) is 0.607. The third-order valence-electron chi connectivity index (χ3n) is 2.32. The van der Waals surface area contributed by atoms with Crippen molar-refractivity contribution in [2.75, 3.05) is 13.7 Å². The minimum Gasteiger partial charge on any atom is -0.460 e. The largest absolute Gasteiger partial charge is 0.460 e. The van der Waals surface area contributed by atoms with E-state index in [4.69, 9.17) is 26.2 Å². The van der Waals surface area contributed by atoms with Crippen LogP contribution in [0.25, 0.3) is 0 Å². The van der Waals surface area contributed by atoms with E-state index in [1.807, 2.05) is 12.2 Å². The maximum Gasteiger partial charge on any atom is 0.204 e. The summed E-state index contributed by atoms with van der Waals surface area (Å²) in [5, 5.41) is 9.41. The molecule has 1 aliphatic carbocycles. The van der Waals surface area contributed by atoms with Gasteiger partial charge in [0.25, 0.3) is 0 Å². The summed E-state index contributed by atoms with van der Waals surface area (Å²) in [4.78, 5) is 0. The zero-order chi connectivity index (χ0) is 12.9. The van der Waals surface area contributed by atoms with Crippen molar-refractivity contribution in [1.29, 1.82) is 0 Å². The smallest absolute Gasteiger partial charge is 0.204 e. The molecule has 0 fully saturated rings. The summed E-state index contributed by atoms with van der Waals surface area (Å²) in [5.74, 6) is -0.284. The van der Waals surface area contributed by atoms with E-state index in [9.17, 15) is 0 Å². The highest BCUT2D eigenvalue weighted by molar-refractivity contribution is 6.31. The van der Waals surface area contributed by atoms with Gasteiger partial charge in [-0.15, -0.1) is 0 Å². The first-order chi connectivity index (χ1) is 8.00. The maximum absolute atomic E-state index is 9.03. The van der Waals surface area contributed by atoms with Crippen LogP contribution in [-0.4, -0.2) is 24.6 Å². The lowest BCUT2D eigenvalue weighted by atomic mass is 10.1. The van der Waals surface area contributed by atoms with Crippen LogP contribution in [0.1, 0.15) is 20.3 Å². The summed E-state index contributed by atoms with van der Waals surface area (Å²) in [6.45, 7) is 3.61. The van der Waals surface area contributed by atoms with Gasteiger partial charge in [0.1, 0.15) is 5.03 Å². The topological polar surface area (TPSA) is 38.7 Å². The number of methoxy groups -OCH3 is 1. The SMILES string of the molecule is COC(C)(C)OC1=C(CCO)C=CC=C=C1Cl. The van der Waals surface area contributed by atoms with Crippen LogP contribution >= 0.6 is 11.6 Å². The van der Waals surface area contributed by atoms with E-state index in [1.165, 1.54) is 0 Å². The lowest BCUT2D eigenvalue weighted by Crippen LogP contribution is -2.26. The molecule has 1 N–H and O–H groups in total. The fourth-order valence-corrected chi connectivity index (χ4v) is 1.51. The summed E-state index contributed by atoms with van der Waals surface area (Å²) in [6.07, 6.45) is 5.83. The first-order valence-electron chi connectivity index (χ1n) is 5.37. The average Bonchev–Trinajstić information content (AvgIpc) is 2.44. The normalized spacial score (nSPS) is 15.9. The van der Waals surface area contributed by atoms with Gasteiger partial charge in [-0.25, -0.2) is 0 Å². The Bertz CT molecular complexity index is 399. The second-order valence-electron chi connectivity index (χ2n) is 4.02. The van der Waals surface area contributed by atoms with E-state index in [0.717, 1.165) is 5.57 Å². The van der Waals surface area contributed by atoms with E-state index in [2.05, 4.69) is 5.73 Å². The summed E-state index contributed by atoms with van der Waals surface area (Å²) in [5.41, 5.74) is 3.70. The van der Waals surface area contributed by atoms with Crippen molar-refractivity contribution in [2.24, 2.45) is 0 Å². The van der Waals surface area contributed by atoms with Crippen LogP contribution in [0.5, 0.6) is 0 Å². The molecule has 0 unspecified atom stereocenters. The van der Waals surface area contributed by atoms with Crippen molar-refractivity contribution in [3.63, 3.8) is 0 Å². The number of aliphatic hydroxyl groups is 1. The van der Waals surface area contributed by atoms with Gasteiger partial charge in [0, 0.05) is 27.6 Å². The summed E-state index contributed by atoms with van der Waals surface area (Å²) in [7, 11) is 1.56. The minimum absolute atomic E-state index is 0.0319. The minimum atomic E-state index is -0.782. The molecule has 0 spiro atoms. The zero-order valence-electron chi connectivity index (χ0n) is 10.3. The molecule has 4 heteroatoms. The van der Waals surface area contributed by atoms with Crippen LogP contribution in [0.4, 0.5) is 0 Å². The van der Waals surface area contributed by atoms with Crippen LogP contribution in [0, 0.1) is 0 Å². The van der Waals surface area contributed by atoms with Crippen molar-refractivity contribution >= 4 is 11.6 Å².